The standard InChI is InChI=1S/C20H20ClNO3/c1-24-18-11-15-9-10-22(13-16(15)12-19(18)25-2)20(23)8-5-14-3-6-17(21)7-4-14/h3-8,11-12H,9-10,13H2,1-2H3/b8-5+. The molecule has 2 aromatic carbocycles. The van der Waals surface area contributed by atoms with Crippen LogP contribution in [-0.2, 0) is 17.8 Å². The summed E-state index contributed by atoms with van der Waals surface area (Å²) in [5, 5.41) is 0.681. The van der Waals surface area contributed by atoms with Crippen molar-refractivity contribution in [3.8, 4) is 11.5 Å². The topological polar surface area (TPSA) is 38.8 Å². The van der Waals surface area contributed by atoms with Gasteiger partial charge in [-0.05, 0) is 53.5 Å². The number of fused-ring (bicyclic) bond motifs is 1. The zero-order valence-corrected chi connectivity index (χ0v) is 15.0. The molecular weight excluding hydrogens is 338 g/mol. The van der Waals surface area contributed by atoms with Crippen LogP contribution < -0.4 is 9.47 Å². The number of halogens is 1. The largest absolute Gasteiger partial charge is 0.493 e. The summed E-state index contributed by atoms with van der Waals surface area (Å²) in [4.78, 5) is 14.3. The Morgan fingerprint density at radius 1 is 1.08 bits per heavy atom. The molecule has 0 atom stereocenters. The molecule has 25 heavy (non-hydrogen) atoms. The molecule has 1 amide bonds. The Kier molecular flexibility index (Phi) is 5.29. The number of ether oxygens (including phenoxy) is 2. The number of hydrogen-bond acceptors (Lipinski definition) is 3. The highest BCUT2D eigenvalue weighted by atomic mass is 35.5. The predicted octanol–water partition coefficient (Wildman–Crippen LogP) is 3.96. The molecule has 0 saturated carbocycles. The molecule has 3 rings (SSSR count). The fraction of sp³-hybridized carbons (Fsp3) is 0.250. The molecule has 0 spiro atoms. The number of methoxy groups -OCH3 is 2. The third-order valence-corrected chi connectivity index (χ3v) is 4.57. The van der Waals surface area contributed by atoms with Gasteiger partial charge in [0.25, 0.3) is 0 Å². The maximum atomic E-state index is 12.5. The van der Waals surface area contributed by atoms with Gasteiger partial charge in [-0.15, -0.1) is 0 Å². The van der Waals surface area contributed by atoms with Crippen molar-refractivity contribution in [2.75, 3.05) is 20.8 Å². The molecule has 0 bridgehead atoms. The predicted molar refractivity (Wildman–Crippen MR) is 99.2 cm³/mol. The fourth-order valence-electron chi connectivity index (χ4n) is 2.92. The fourth-order valence-corrected chi connectivity index (χ4v) is 3.04. The van der Waals surface area contributed by atoms with Crippen molar-refractivity contribution in [1.82, 2.24) is 4.90 Å². The minimum absolute atomic E-state index is 0.00427. The van der Waals surface area contributed by atoms with Crippen LogP contribution in [0.3, 0.4) is 0 Å². The molecule has 0 N–H and O–H groups in total. The monoisotopic (exact) mass is 357 g/mol. The van der Waals surface area contributed by atoms with Crippen LogP contribution in [0.15, 0.2) is 42.5 Å². The molecule has 1 aliphatic rings. The Morgan fingerprint density at radius 2 is 1.72 bits per heavy atom. The van der Waals surface area contributed by atoms with E-state index in [1.165, 1.54) is 5.56 Å². The molecule has 0 saturated heterocycles. The van der Waals surface area contributed by atoms with Crippen molar-refractivity contribution in [3.05, 3.63) is 64.2 Å². The van der Waals surface area contributed by atoms with Crippen LogP contribution in [0, 0.1) is 0 Å². The average molecular weight is 358 g/mol. The van der Waals surface area contributed by atoms with Gasteiger partial charge < -0.3 is 14.4 Å². The lowest BCUT2D eigenvalue weighted by molar-refractivity contribution is -0.126. The van der Waals surface area contributed by atoms with Crippen LogP contribution in [0.1, 0.15) is 16.7 Å². The summed E-state index contributed by atoms with van der Waals surface area (Å²) < 4.78 is 10.7. The molecule has 0 radical (unpaired) electrons. The molecule has 5 heteroatoms. The summed E-state index contributed by atoms with van der Waals surface area (Å²) in [6.45, 7) is 1.26. The van der Waals surface area contributed by atoms with E-state index in [4.69, 9.17) is 21.1 Å². The third-order valence-electron chi connectivity index (χ3n) is 4.32. The van der Waals surface area contributed by atoms with Crippen LogP contribution in [0.5, 0.6) is 11.5 Å². The molecule has 0 aromatic heterocycles. The molecule has 4 nitrogen and oxygen atoms in total. The molecule has 2 aromatic rings. The van der Waals surface area contributed by atoms with Crippen LogP contribution in [0.25, 0.3) is 6.08 Å². The average Bonchev–Trinajstić information content (AvgIpc) is 2.65. The number of amides is 1. The van der Waals surface area contributed by atoms with Crippen molar-refractivity contribution in [2.45, 2.75) is 13.0 Å². The number of benzene rings is 2. The molecule has 0 aliphatic carbocycles. The van der Waals surface area contributed by atoms with Gasteiger partial charge in [0.05, 0.1) is 14.2 Å². The van der Waals surface area contributed by atoms with Gasteiger partial charge >= 0.3 is 0 Å². The Labute approximate surface area is 152 Å². The molecule has 1 aliphatic heterocycles. The Balaban J connectivity index is 1.73. The Bertz CT molecular complexity index is 799. The van der Waals surface area contributed by atoms with Crippen molar-refractivity contribution in [1.29, 1.82) is 0 Å². The van der Waals surface area contributed by atoms with E-state index in [-0.39, 0.29) is 5.91 Å². The normalized spacial score (nSPS) is 13.6. The van der Waals surface area contributed by atoms with Gasteiger partial charge in [0.15, 0.2) is 11.5 Å². The lowest BCUT2D eigenvalue weighted by Crippen LogP contribution is -2.34. The zero-order chi connectivity index (χ0) is 17.8. The molecule has 0 fully saturated rings. The van der Waals surface area contributed by atoms with Gasteiger partial charge in [-0.25, -0.2) is 0 Å². The Hall–Kier alpha value is -2.46. The molecule has 0 unspecified atom stereocenters. The van der Waals surface area contributed by atoms with Crippen molar-refractivity contribution < 1.29 is 14.3 Å². The first-order valence-corrected chi connectivity index (χ1v) is 8.45. The van der Waals surface area contributed by atoms with E-state index in [9.17, 15) is 4.79 Å². The van der Waals surface area contributed by atoms with Gasteiger partial charge in [-0.1, -0.05) is 23.7 Å². The first-order valence-electron chi connectivity index (χ1n) is 8.07. The molecular formula is C20H20ClNO3. The quantitative estimate of drug-likeness (QED) is 0.777. The van der Waals surface area contributed by atoms with Crippen LogP contribution in [-0.4, -0.2) is 31.6 Å². The minimum Gasteiger partial charge on any atom is -0.493 e. The maximum Gasteiger partial charge on any atom is 0.246 e. The second kappa shape index (κ2) is 7.62. The first kappa shape index (κ1) is 17.4. The third kappa shape index (κ3) is 3.97. The minimum atomic E-state index is -0.00427. The summed E-state index contributed by atoms with van der Waals surface area (Å²) in [6, 6.07) is 11.3. The van der Waals surface area contributed by atoms with E-state index in [0.29, 0.717) is 23.9 Å². The smallest absolute Gasteiger partial charge is 0.246 e. The van der Waals surface area contributed by atoms with E-state index in [1.54, 1.807) is 20.3 Å². The summed E-state index contributed by atoms with van der Waals surface area (Å²) in [5.74, 6) is 1.41. The van der Waals surface area contributed by atoms with Gasteiger partial charge in [-0.2, -0.15) is 0 Å². The zero-order valence-electron chi connectivity index (χ0n) is 14.3. The highest BCUT2D eigenvalue weighted by molar-refractivity contribution is 6.30. The van der Waals surface area contributed by atoms with E-state index < -0.39 is 0 Å². The maximum absolute atomic E-state index is 12.5. The van der Waals surface area contributed by atoms with Gasteiger partial charge in [0, 0.05) is 24.2 Å². The van der Waals surface area contributed by atoms with Gasteiger partial charge in [0.2, 0.25) is 5.91 Å². The van der Waals surface area contributed by atoms with Gasteiger partial charge in [0.1, 0.15) is 0 Å². The lowest BCUT2D eigenvalue weighted by atomic mass is 9.98. The highest BCUT2D eigenvalue weighted by Crippen LogP contribution is 2.33. The second-order valence-corrected chi connectivity index (χ2v) is 6.31. The van der Waals surface area contributed by atoms with E-state index in [2.05, 4.69) is 0 Å². The van der Waals surface area contributed by atoms with E-state index in [0.717, 1.165) is 23.3 Å². The summed E-state index contributed by atoms with van der Waals surface area (Å²) in [6.07, 6.45) is 4.22. The lowest BCUT2D eigenvalue weighted by Gasteiger charge is -2.28. The van der Waals surface area contributed by atoms with Crippen LogP contribution >= 0.6 is 11.6 Å². The molecule has 130 valence electrons. The number of carbonyl (C=O) groups excluding carboxylic acids is 1. The van der Waals surface area contributed by atoms with E-state index in [1.807, 2.05) is 47.4 Å². The first-order chi connectivity index (χ1) is 12.1. The summed E-state index contributed by atoms with van der Waals surface area (Å²) >= 11 is 5.87. The number of hydrogen-bond donors (Lipinski definition) is 0. The molecule has 1 heterocycles. The number of nitrogens with zero attached hydrogens (tertiary/aromatic N) is 1. The van der Waals surface area contributed by atoms with Crippen molar-refractivity contribution >= 4 is 23.6 Å². The number of carbonyl (C=O) groups is 1. The highest BCUT2D eigenvalue weighted by Gasteiger charge is 2.21. The second-order valence-electron chi connectivity index (χ2n) is 5.87. The van der Waals surface area contributed by atoms with Gasteiger partial charge in [-0.3, -0.25) is 4.79 Å². The van der Waals surface area contributed by atoms with E-state index >= 15 is 0 Å². The SMILES string of the molecule is COc1cc2c(cc1OC)CN(C(=O)/C=C/c1ccc(Cl)cc1)CC2. The summed E-state index contributed by atoms with van der Waals surface area (Å²) in [7, 11) is 3.25. The van der Waals surface area contributed by atoms with Crippen LogP contribution in [0.4, 0.5) is 0 Å². The van der Waals surface area contributed by atoms with Crippen molar-refractivity contribution in [2.24, 2.45) is 0 Å². The summed E-state index contributed by atoms with van der Waals surface area (Å²) in [5.41, 5.74) is 3.24. The number of rotatable bonds is 4. The Morgan fingerprint density at radius 3 is 2.36 bits per heavy atom. The van der Waals surface area contributed by atoms with Crippen molar-refractivity contribution in [3.63, 3.8) is 0 Å². The van der Waals surface area contributed by atoms with Crippen LogP contribution in [0.2, 0.25) is 5.02 Å².